The lowest BCUT2D eigenvalue weighted by Crippen LogP contribution is -2.61. The number of hydrogen-bond donors (Lipinski definition) is 2. The highest BCUT2D eigenvalue weighted by atomic mass is 32.1. The summed E-state index contributed by atoms with van der Waals surface area (Å²) in [5.74, 6) is 0. The predicted molar refractivity (Wildman–Crippen MR) is 77.6 cm³/mol. The number of thiol groups is 1. The highest BCUT2D eigenvalue weighted by molar-refractivity contribution is 7.96. The lowest BCUT2D eigenvalue weighted by atomic mass is 9.60. The number of rotatable bonds is 3. The number of nitrogens with two attached hydrogens (primary N) is 1. The van der Waals surface area contributed by atoms with E-state index in [2.05, 4.69) is 31.7 Å². The van der Waals surface area contributed by atoms with E-state index in [9.17, 15) is 4.79 Å². The fourth-order valence-corrected chi connectivity index (χ4v) is 3.48. The molecule has 98 valence electrons. The van der Waals surface area contributed by atoms with Crippen LogP contribution in [0.25, 0.3) is 0 Å². The molecule has 1 aliphatic carbocycles. The van der Waals surface area contributed by atoms with E-state index < -0.39 is 5.54 Å². The summed E-state index contributed by atoms with van der Waals surface area (Å²) >= 11 is 4.04. The standard InChI is InChI=1S/C15H21NOS/c1-14(11-12-7-3-2-4-8-12)9-5-6-10-15(14,16)13(17)18/h2-4,7-8H,5-6,9-11,16H2,1H3,(H,17,18). The molecule has 0 spiro atoms. The molecule has 0 aliphatic heterocycles. The van der Waals surface area contributed by atoms with E-state index in [1.807, 2.05) is 18.2 Å². The molecule has 0 amide bonds. The summed E-state index contributed by atoms with van der Waals surface area (Å²) in [5, 5.41) is -0.166. The molecule has 1 fully saturated rings. The van der Waals surface area contributed by atoms with Crippen LogP contribution >= 0.6 is 12.6 Å². The third-order valence-corrected chi connectivity index (χ3v) is 4.84. The molecule has 2 N–H and O–H groups in total. The molecular formula is C15H21NOS. The first kappa shape index (κ1) is 13.6. The van der Waals surface area contributed by atoms with Crippen LogP contribution in [0.1, 0.15) is 38.2 Å². The van der Waals surface area contributed by atoms with Crippen molar-refractivity contribution in [2.75, 3.05) is 0 Å². The first-order chi connectivity index (χ1) is 8.48. The van der Waals surface area contributed by atoms with Gasteiger partial charge in [-0.2, -0.15) is 0 Å². The highest BCUT2D eigenvalue weighted by Crippen LogP contribution is 2.46. The maximum Gasteiger partial charge on any atom is 0.206 e. The monoisotopic (exact) mass is 263 g/mol. The molecule has 0 heterocycles. The minimum absolute atomic E-state index is 0.166. The third kappa shape index (κ3) is 2.34. The molecule has 18 heavy (non-hydrogen) atoms. The molecule has 1 aromatic rings. The molecule has 2 rings (SSSR count). The second-order valence-corrected chi connectivity index (χ2v) is 6.11. The van der Waals surface area contributed by atoms with Gasteiger partial charge in [-0.05, 0) is 30.2 Å². The fourth-order valence-electron chi connectivity index (χ4n) is 3.10. The van der Waals surface area contributed by atoms with Gasteiger partial charge >= 0.3 is 0 Å². The van der Waals surface area contributed by atoms with E-state index in [0.29, 0.717) is 0 Å². The van der Waals surface area contributed by atoms with Gasteiger partial charge in [0.15, 0.2) is 0 Å². The van der Waals surface area contributed by atoms with Crippen LogP contribution in [0.4, 0.5) is 0 Å². The Hall–Kier alpha value is -0.800. The quantitative estimate of drug-likeness (QED) is 0.823. The zero-order valence-electron chi connectivity index (χ0n) is 10.9. The van der Waals surface area contributed by atoms with Crippen LogP contribution in [-0.4, -0.2) is 10.7 Å². The van der Waals surface area contributed by atoms with E-state index in [1.54, 1.807) is 0 Å². The molecule has 2 atom stereocenters. The van der Waals surface area contributed by atoms with Crippen LogP contribution in [0.15, 0.2) is 30.3 Å². The Balaban J connectivity index is 2.29. The third-order valence-electron chi connectivity index (χ3n) is 4.45. The van der Waals surface area contributed by atoms with E-state index in [0.717, 1.165) is 32.1 Å². The van der Waals surface area contributed by atoms with Crippen molar-refractivity contribution in [3.05, 3.63) is 35.9 Å². The molecule has 2 unspecified atom stereocenters. The summed E-state index contributed by atoms with van der Waals surface area (Å²) in [5.41, 5.74) is 6.67. The number of hydrogen-bond acceptors (Lipinski definition) is 2. The maximum atomic E-state index is 11.9. The van der Waals surface area contributed by atoms with Crippen molar-refractivity contribution in [2.45, 2.75) is 44.6 Å². The normalized spacial score (nSPS) is 32.2. The molecule has 2 nitrogen and oxygen atoms in total. The summed E-state index contributed by atoms with van der Waals surface area (Å²) in [7, 11) is 0. The van der Waals surface area contributed by atoms with Gasteiger partial charge < -0.3 is 5.73 Å². The Morgan fingerprint density at radius 1 is 1.28 bits per heavy atom. The van der Waals surface area contributed by atoms with Crippen molar-refractivity contribution in [1.29, 1.82) is 0 Å². The Kier molecular flexibility index (Phi) is 3.83. The van der Waals surface area contributed by atoms with Crippen LogP contribution in [0.2, 0.25) is 0 Å². The number of benzene rings is 1. The van der Waals surface area contributed by atoms with Crippen molar-refractivity contribution < 1.29 is 4.79 Å². The average Bonchev–Trinajstić information content (AvgIpc) is 2.34. The topological polar surface area (TPSA) is 43.1 Å². The minimum atomic E-state index is -0.787. The summed E-state index contributed by atoms with van der Waals surface area (Å²) in [6.07, 6.45) is 4.75. The first-order valence-electron chi connectivity index (χ1n) is 6.54. The predicted octanol–water partition coefficient (Wildman–Crippen LogP) is 2.96. The van der Waals surface area contributed by atoms with E-state index >= 15 is 0 Å². The molecule has 0 radical (unpaired) electrons. The molecular weight excluding hydrogens is 242 g/mol. The average molecular weight is 263 g/mol. The molecule has 1 aliphatic rings. The lowest BCUT2D eigenvalue weighted by Gasteiger charge is -2.48. The Morgan fingerprint density at radius 2 is 1.89 bits per heavy atom. The van der Waals surface area contributed by atoms with Gasteiger partial charge in [-0.1, -0.05) is 50.1 Å². The fraction of sp³-hybridized carbons (Fsp3) is 0.533. The van der Waals surface area contributed by atoms with E-state index in [1.165, 1.54) is 5.56 Å². The van der Waals surface area contributed by atoms with Crippen LogP contribution in [0.5, 0.6) is 0 Å². The number of carbonyl (C=O) groups is 1. The maximum absolute atomic E-state index is 11.9. The SMILES string of the molecule is CC1(Cc2ccccc2)CCCCC1(N)C(=O)S. The Labute approximate surface area is 114 Å². The summed E-state index contributed by atoms with van der Waals surface area (Å²) in [6, 6.07) is 10.3. The lowest BCUT2D eigenvalue weighted by molar-refractivity contribution is -0.121. The zero-order valence-corrected chi connectivity index (χ0v) is 11.7. The summed E-state index contributed by atoms with van der Waals surface area (Å²) in [4.78, 5) is 11.9. The van der Waals surface area contributed by atoms with Gasteiger partial charge in [0.1, 0.15) is 0 Å². The summed E-state index contributed by atoms with van der Waals surface area (Å²) in [6.45, 7) is 2.13. The van der Waals surface area contributed by atoms with Crippen LogP contribution in [0, 0.1) is 5.41 Å². The first-order valence-corrected chi connectivity index (χ1v) is 6.99. The minimum Gasteiger partial charge on any atom is -0.318 e. The van der Waals surface area contributed by atoms with E-state index in [4.69, 9.17) is 5.73 Å². The smallest absolute Gasteiger partial charge is 0.206 e. The molecule has 1 saturated carbocycles. The van der Waals surface area contributed by atoms with Crippen molar-refractivity contribution in [2.24, 2.45) is 11.1 Å². The highest BCUT2D eigenvalue weighted by Gasteiger charge is 2.50. The van der Waals surface area contributed by atoms with Crippen molar-refractivity contribution >= 4 is 17.7 Å². The second kappa shape index (κ2) is 5.06. The largest absolute Gasteiger partial charge is 0.318 e. The van der Waals surface area contributed by atoms with Crippen molar-refractivity contribution in [3.63, 3.8) is 0 Å². The number of carbonyl (C=O) groups excluding carboxylic acids is 1. The Bertz CT molecular complexity index is 433. The van der Waals surface area contributed by atoms with Gasteiger partial charge in [-0.25, -0.2) is 0 Å². The van der Waals surface area contributed by atoms with Gasteiger partial charge in [0, 0.05) is 0 Å². The van der Waals surface area contributed by atoms with Crippen molar-refractivity contribution in [3.8, 4) is 0 Å². The van der Waals surface area contributed by atoms with Crippen LogP contribution in [-0.2, 0) is 11.2 Å². The second-order valence-electron chi connectivity index (χ2n) is 5.71. The Morgan fingerprint density at radius 3 is 2.50 bits per heavy atom. The van der Waals surface area contributed by atoms with Gasteiger partial charge in [-0.3, -0.25) is 4.79 Å². The van der Waals surface area contributed by atoms with Gasteiger partial charge in [0.05, 0.1) is 5.54 Å². The van der Waals surface area contributed by atoms with Gasteiger partial charge in [0.25, 0.3) is 0 Å². The van der Waals surface area contributed by atoms with Crippen LogP contribution < -0.4 is 5.73 Å². The molecule has 0 aromatic heterocycles. The van der Waals surface area contributed by atoms with Gasteiger partial charge in [0.2, 0.25) is 5.12 Å². The molecule has 3 heteroatoms. The van der Waals surface area contributed by atoms with Crippen molar-refractivity contribution in [1.82, 2.24) is 0 Å². The van der Waals surface area contributed by atoms with E-state index in [-0.39, 0.29) is 10.5 Å². The molecule has 1 aromatic carbocycles. The van der Waals surface area contributed by atoms with Crippen LogP contribution in [0.3, 0.4) is 0 Å². The summed E-state index contributed by atoms with van der Waals surface area (Å²) < 4.78 is 0. The van der Waals surface area contributed by atoms with Gasteiger partial charge in [-0.15, -0.1) is 12.6 Å². The zero-order chi connectivity index (χ0) is 13.2. The molecule has 0 saturated heterocycles. The molecule has 0 bridgehead atoms.